The molecule has 0 radical (unpaired) electrons. The van der Waals surface area contributed by atoms with Gasteiger partial charge in [-0.1, -0.05) is 23.9 Å². The summed E-state index contributed by atoms with van der Waals surface area (Å²) in [7, 11) is 0. The number of rotatable bonds is 11. The van der Waals surface area contributed by atoms with E-state index < -0.39 is 0 Å². The number of thiophene rings is 1. The van der Waals surface area contributed by atoms with E-state index in [1.165, 1.54) is 28.7 Å². The fourth-order valence-electron chi connectivity index (χ4n) is 4.42. The molecule has 0 saturated heterocycles. The van der Waals surface area contributed by atoms with Crippen LogP contribution in [0.25, 0.3) is 0 Å². The standard InChI is InChI=1S/C28H34N4O4S2/c1-6-14-32-25(19(5)36-20-13-12-17(3)18(4)15-20)30-31-28(32)37-16-23(33)29-26-24(27(34)35-7-2)21-10-8-9-11-22(21)38-26/h6,12-13,15,19H,1,7-11,14,16H2,2-5H3,(H,29,33). The number of carbonyl (C=O) groups excluding carboxylic acids is 2. The van der Waals surface area contributed by atoms with Gasteiger partial charge in [0.1, 0.15) is 10.8 Å². The summed E-state index contributed by atoms with van der Waals surface area (Å²) in [5, 5.41) is 12.8. The van der Waals surface area contributed by atoms with Crippen LogP contribution in [0.1, 0.15) is 70.5 Å². The summed E-state index contributed by atoms with van der Waals surface area (Å²) < 4.78 is 13.4. The Hall–Kier alpha value is -3.11. The number of benzene rings is 1. The van der Waals surface area contributed by atoms with Crippen molar-refractivity contribution in [2.24, 2.45) is 0 Å². The average molecular weight is 555 g/mol. The Bertz CT molecular complexity index is 1330. The number of ether oxygens (including phenoxy) is 2. The summed E-state index contributed by atoms with van der Waals surface area (Å²) in [4.78, 5) is 26.8. The van der Waals surface area contributed by atoms with Gasteiger partial charge in [-0.2, -0.15) is 0 Å². The minimum absolute atomic E-state index is 0.118. The molecule has 1 amide bonds. The molecule has 1 atom stereocenters. The fraction of sp³-hybridized carbons (Fsp3) is 0.429. The Labute approximate surface area is 231 Å². The molecule has 1 N–H and O–H groups in total. The van der Waals surface area contributed by atoms with Gasteiger partial charge in [0, 0.05) is 11.4 Å². The Balaban J connectivity index is 1.46. The number of nitrogens with zero attached hydrogens (tertiary/aromatic N) is 3. The monoisotopic (exact) mass is 554 g/mol. The van der Waals surface area contributed by atoms with Crippen molar-refractivity contribution in [3.63, 3.8) is 0 Å². The zero-order valence-electron chi connectivity index (χ0n) is 22.3. The first kappa shape index (κ1) is 27.9. The number of allylic oxidation sites excluding steroid dienone is 1. The first-order chi connectivity index (χ1) is 18.3. The van der Waals surface area contributed by atoms with Gasteiger partial charge in [0.05, 0.1) is 17.9 Å². The maximum absolute atomic E-state index is 13.0. The van der Waals surface area contributed by atoms with Gasteiger partial charge in [-0.15, -0.1) is 28.1 Å². The molecule has 8 nitrogen and oxygen atoms in total. The SMILES string of the molecule is C=CCn1c(SCC(=O)Nc2sc3c(c2C(=O)OCC)CCCC3)nnc1C(C)Oc1ccc(C)c(C)c1. The number of hydrogen-bond acceptors (Lipinski definition) is 8. The summed E-state index contributed by atoms with van der Waals surface area (Å²) >= 11 is 2.77. The normalized spacial score (nSPS) is 13.5. The second-order valence-corrected chi connectivity index (χ2v) is 11.3. The largest absolute Gasteiger partial charge is 0.483 e. The zero-order valence-corrected chi connectivity index (χ0v) is 24.0. The van der Waals surface area contributed by atoms with E-state index in [4.69, 9.17) is 9.47 Å². The van der Waals surface area contributed by atoms with E-state index in [2.05, 4.69) is 29.0 Å². The van der Waals surface area contributed by atoms with Crippen LogP contribution in [0.3, 0.4) is 0 Å². The van der Waals surface area contributed by atoms with Crippen molar-refractivity contribution in [3.05, 3.63) is 63.8 Å². The van der Waals surface area contributed by atoms with Gasteiger partial charge < -0.3 is 14.8 Å². The number of carbonyl (C=O) groups is 2. The van der Waals surface area contributed by atoms with Crippen LogP contribution in [0.2, 0.25) is 0 Å². The van der Waals surface area contributed by atoms with Crippen molar-refractivity contribution >= 4 is 40.0 Å². The maximum Gasteiger partial charge on any atom is 0.341 e. The van der Waals surface area contributed by atoms with Gasteiger partial charge in [0.2, 0.25) is 5.91 Å². The molecule has 1 aliphatic carbocycles. The Morgan fingerprint density at radius 1 is 1.24 bits per heavy atom. The molecule has 0 spiro atoms. The lowest BCUT2D eigenvalue weighted by molar-refractivity contribution is -0.113. The van der Waals surface area contributed by atoms with Crippen molar-refractivity contribution < 1.29 is 19.1 Å². The van der Waals surface area contributed by atoms with E-state index in [9.17, 15) is 9.59 Å². The second kappa shape index (κ2) is 12.6. The predicted molar refractivity (Wildman–Crippen MR) is 151 cm³/mol. The van der Waals surface area contributed by atoms with Crippen LogP contribution in [0.5, 0.6) is 5.75 Å². The van der Waals surface area contributed by atoms with Crippen LogP contribution >= 0.6 is 23.1 Å². The molecule has 2 aromatic heterocycles. The lowest BCUT2D eigenvalue weighted by atomic mass is 9.95. The van der Waals surface area contributed by atoms with E-state index in [1.54, 1.807) is 13.0 Å². The average Bonchev–Trinajstić information content (AvgIpc) is 3.46. The van der Waals surface area contributed by atoms with Crippen molar-refractivity contribution in [2.75, 3.05) is 17.7 Å². The molecule has 10 heteroatoms. The van der Waals surface area contributed by atoms with Crippen LogP contribution in [0.4, 0.5) is 5.00 Å². The highest BCUT2D eigenvalue weighted by Crippen LogP contribution is 2.39. The molecule has 1 aliphatic rings. The van der Waals surface area contributed by atoms with E-state index >= 15 is 0 Å². The second-order valence-electron chi connectivity index (χ2n) is 9.22. The number of nitrogens with one attached hydrogen (secondary N) is 1. The molecule has 1 aromatic carbocycles. The van der Waals surface area contributed by atoms with Gasteiger partial charge >= 0.3 is 5.97 Å². The molecular weight excluding hydrogens is 520 g/mol. The van der Waals surface area contributed by atoms with Crippen LogP contribution in [0, 0.1) is 13.8 Å². The Morgan fingerprint density at radius 3 is 2.76 bits per heavy atom. The Kier molecular flexibility index (Phi) is 9.27. The predicted octanol–water partition coefficient (Wildman–Crippen LogP) is 6.07. The van der Waals surface area contributed by atoms with E-state index in [0.29, 0.717) is 34.7 Å². The number of amides is 1. The van der Waals surface area contributed by atoms with Crippen LogP contribution in [-0.2, 0) is 28.9 Å². The third-order valence-electron chi connectivity index (χ3n) is 6.45. The molecule has 3 aromatic rings. The minimum atomic E-state index is -0.372. The number of hydrogen-bond donors (Lipinski definition) is 1. The first-order valence-corrected chi connectivity index (χ1v) is 14.6. The molecule has 202 valence electrons. The van der Waals surface area contributed by atoms with Crippen LogP contribution in [-0.4, -0.2) is 39.0 Å². The number of anilines is 1. The number of thioether (sulfide) groups is 1. The molecule has 0 saturated carbocycles. The molecule has 4 rings (SSSR count). The van der Waals surface area contributed by atoms with Crippen molar-refractivity contribution in [1.29, 1.82) is 0 Å². The van der Waals surface area contributed by atoms with Crippen molar-refractivity contribution in [2.45, 2.75) is 71.2 Å². The van der Waals surface area contributed by atoms with Crippen LogP contribution < -0.4 is 10.1 Å². The molecule has 1 unspecified atom stereocenters. The minimum Gasteiger partial charge on any atom is -0.483 e. The third kappa shape index (κ3) is 6.30. The van der Waals surface area contributed by atoms with Crippen LogP contribution in [0.15, 0.2) is 36.0 Å². The molecule has 2 heterocycles. The van der Waals surface area contributed by atoms with Crippen molar-refractivity contribution in [1.82, 2.24) is 14.8 Å². The van der Waals surface area contributed by atoms with Gasteiger partial charge in [-0.05, 0) is 82.2 Å². The summed E-state index contributed by atoms with van der Waals surface area (Å²) in [5.41, 5.74) is 3.89. The first-order valence-electron chi connectivity index (χ1n) is 12.8. The summed E-state index contributed by atoms with van der Waals surface area (Å²) in [6.07, 6.45) is 5.30. The lowest BCUT2D eigenvalue weighted by Gasteiger charge is -2.16. The van der Waals surface area contributed by atoms with E-state index in [-0.39, 0.29) is 23.7 Å². The zero-order chi connectivity index (χ0) is 27.2. The molecule has 0 bridgehead atoms. The molecular formula is C28H34N4O4S2. The highest BCUT2D eigenvalue weighted by molar-refractivity contribution is 7.99. The van der Waals surface area contributed by atoms with Gasteiger partial charge in [0.25, 0.3) is 0 Å². The van der Waals surface area contributed by atoms with Gasteiger partial charge in [0.15, 0.2) is 17.1 Å². The van der Waals surface area contributed by atoms with E-state index in [1.807, 2.05) is 36.6 Å². The fourth-order valence-corrected chi connectivity index (χ4v) is 6.47. The maximum atomic E-state index is 13.0. The summed E-state index contributed by atoms with van der Waals surface area (Å²) in [6, 6.07) is 5.98. The number of esters is 1. The van der Waals surface area contributed by atoms with E-state index in [0.717, 1.165) is 47.4 Å². The van der Waals surface area contributed by atoms with Gasteiger partial charge in [-0.25, -0.2) is 4.79 Å². The molecule has 0 aliphatic heterocycles. The molecule has 0 fully saturated rings. The molecule has 38 heavy (non-hydrogen) atoms. The highest BCUT2D eigenvalue weighted by Gasteiger charge is 2.27. The topological polar surface area (TPSA) is 95.3 Å². The number of aromatic nitrogens is 3. The third-order valence-corrected chi connectivity index (χ3v) is 8.62. The quantitative estimate of drug-likeness (QED) is 0.175. The number of aryl methyl sites for hydroxylation is 3. The lowest BCUT2D eigenvalue weighted by Crippen LogP contribution is -2.17. The number of fused-ring (bicyclic) bond motifs is 1. The van der Waals surface area contributed by atoms with Crippen molar-refractivity contribution in [3.8, 4) is 5.75 Å². The summed E-state index contributed by atoms with van der Waals surface area (Å²) in [5.74, 6) is 0.947. The highest BCUT2D eigenvalue weighted by atomic mass is 32.2. The van der Waals surface area contributed by atoms with Gasteiger partial charge in [-0.3, -0.25) is 9.36 Å². The smallest absolute Gasteiger partial charge is 0.341 e. The summed E-state index contributed by atoms with van der Waals surface area (Å²) in [6.45, 7) is 12.5. The Morgan fingerprint density at radius 2 is 2.03 bits per heavy atom.